The molecule has 2 aliphatic heterocycles. The molecule has 0 radical (unpaired) electrons. The van der Waals surface area contributed by atoms with Crippen LogP contribution in [0.5, 0.6) is 11.5 Å². The van der Waals surface area contributed by atoms with Gasteiger partial charge in [0.2, 0.25) is 0 Å². The summed E-state index contributed by atoms with van der Waals surface area (Å²) in [5, 5.41) is 3.38. The summed E-state index contributed by atoms with van der Waals surface area (Å²) in [4.78, 5) is 0. The zero-order chi connectivity index (χ0) is 24.6. The van der Waals surface area contributed by atoms with Gasteiger partial charge >= 0.3 is 0 Å². The molecule has 2 aliphatic rings. The van der Waals surface area contributed by atoms with Gasteiger partial charge in [-0.3, -0.25) is 0 Å². The van der Waals surface area contributed by atoms with E-state index < -0.39 is 0 Å². The number of rotatable bonds is 0. The Morgan fingerprint density at radius 3 is 1.88 bits per heavy atom. The van der Waals surface area contributed by atoms with E-state index in [2.05, 4.69) is 83.8 Å². The van der Waals surface area contributed by atoms with Gasteiger partial charge in [-0.15, -0.1) is 0 Å². The van der Waals surface area contributed by atoms with Crippen molar-refractivity contribution in [3.63, 3.8) is 0 Å². The van der Waals surface area contributed by atoms with Crippen LogP contribution in [0.3, 0.4) is 0 Å². The van der Waals surface area contributed by atoms with Crippen molar-refractivity contribution in [2.45, 2.75) is 79.1 Å². The molecule has 2 aromatic carbocycles. The largest absolute Gasteiger partial charge is 0.486 e. The monoisotopic (exact) mass is 449 g/mol. The lowest BCUT2D eigenvalue weighted by molar-refractivity contribution is 0.171. The molecule has 0 aromatic heterocycles. The van der Waals surface area contributed by atoms with Crippen molar-refractivity contribution in [2.75, 3.05) is 18.5 Å². The average Bonchev–Trinajstić information content (AvgIpc) is 2.77. The third-order valence-corrected chi connectivity index (χ3v) is 5.72. The smallest absolute Gasteiger partial charge is 0.161 e. The Hall–Kier alpha value is -2.68. The van der Waals surface area contributed by atoms with E-state index in [9.17, 15) is 0 Å². The van der Waals surface area contributed by atoms with Crippen LogP contribution in [0.15, 0.2) is 60.8 Å². The number of ether oxygens (including phenoxy) is 2. The van der Waals surface area contributed by atoms with Gasteiger partial charge in [0.05, 0.1) is 0 Å². The van der Waals surface area contributed by atoms with Crippen LogP contribution >= 0.6 is 0 Å². The van der Waals surface area contributed by atoms with Crippen molar-refractivity contribution < 1.29 is 9.47 Å². The molecule has 0 saturated carbocycles. The minimum absolute atomic E-state index is 0.163. The molecule has 180 valence electrons. The molecule has 4 rings (SSSR count). The van der Waals surface area contributed by atoms with Crippen LogP contribution < -0.4 is 14.8 Å². The molecule has 3 heteroatoms. The van der Waals surface area contributed by atoms with Gasteiger partial charge in [0.1, 0.15) is 13.2 Å². The fourth-order valence-corrected chi connectivity index (χ4v) is 3.43. The summed E-state index contributed by atoms with van der Waals surface area (Å²) in [6.45, 7) is 22.6. The van der Waals surface area contributed by atoms with Gasteiger partial charge in [-0.25, -0.2) is 0 Å². The lowest BCUT2D eigenvalue weighted by Crippen LogP contribution is -2.17. The third-order valence-electron chi connectivity index (χ3n) is 5.72. The van der Waals surface area contributed by atoms with Gasteiger partial charge in [-0.2, -0.15) is 0 Å². The second-order valence-corrected chi connectivity index (χ2v) is 10.6. The van der Waals surface area contributed by atoms with Gasteiger partial charge in [-0.05, 0) is 72.4 Å². The standard InChI is InChI=1S/C14H19N.C12H16O2.C4H8/c1-10-5-6-11-7-8-12(14(2,3)4)9-13(11)15-10;1-12(2,3)9-4-5-10-11(8-9)14-7-6-13-10;1-3-4-2/h7-9,15H,1,5-6H2,2-4H3;4-5,8H,6-7H2,1-3H3;3-4H,1-2H3. The number of fused-ring (bicyclic) bond motifs is 2. The fraction of sp³-hybridized carbons (Fsp3) is 0.467. The van der Waals surface area contributed by atoms with Crippen molar-refractivity contribution in [1.29, 1.82) is 0 Å². The van der Waals surface area contributed by atoms with Crippen molar-refractivity contribution in [3.05, 3.63) is 77.5 Å². The fourth-order valence-electron chi connectivity index (χ4n) is 3.43. The molecule has 2 aromatic rings. The van der Waals surface area contributed by atoms with Crippen molar-refractivity contribution in [2.24, 2.45) is 0 Å². The second kappa shape index (κ2) is 11.4. The van der Waals surface area contributed by atoms with Gasteiger partial charge in [0.25, 0.3) is 0 Å². The highest BCUT2D eigenvalue weighted by atomic mass is 16.6. The normalized spacial score (nSPS) is 14.8. The quantitative estimate of drug-likeness (QED) is 0.411. The molecule has 0 saturated heterocycles. The first-order valence-electron chi connectivity index (χ1n) is 12.0. The van der Waals surface area contributed by atoms with Gasteiger partial charge < -0.3 is 14.8 Å². The van der Waals surface area contributed by atoms with Crippen LogP contribution in [0.4, 0.5) is 5.69 Å². The lowest BCUT2D eigenvalue weighted by Gasteiger charge is -2.25. The lowest BCUT2D eigenvalue weighted by atomic mass is 9.85. The maximum absolute atomic E-state index is 5.53. The van der Waals surface area contributed by atoms with Gasteiger partial charge in [0, 0.05) is 11.4 Å². The highest BCUT2D eigenvalue weighted by Crippen LogP contribution is 2.35. The Morgan fingerprint density at radius 2 is 1.30 bits per heavy atom. The Balaban J connectivity index is 0.000000202. The SMILES string of the molecule is C=C1CCc2ccc(C(C)(C)C)cc2N1.CC(C)(C)c1ccc2c(c1)OCCO2.CC=CC. The molecule has 0 fully saturated rings. The van der Waals surface area contributed by atoms with Crippen LogP contribution in [-0.4, -0.2) is 13.2 Å². The van der Waals surface area contributed by atoms with E-state index in [4.69, 9.17) is 9.47 Å². The van der Waals surface area contributed by atoms with E-state index in [-0.39, 0.29) is 10.8 Å². The molecule has 0 aliphatic carbocycles. The zero-order valence-corrected chi connectivity index (χ0v) is 22.0. The van der Waals surface area contributed by atoms with E-state index in [1.54, 1.807) is 0 Å². The summed E-state index contributed by atoms with van der Waals surface area (Å²) in [7, 11) is 0. The van der Waals surface area contributed by atoms with E-state index in [0.29, 0.717) is 13.2 Å². The average molecular weight is 450 g/mol. The second-order valence-electron chi connectivity index (χ2n) is 10.6. The summed E-state index contributed by atoms with van der Waals surface area (Å²) < 4.78 is 11.0. The van der Waals surface area contributed by atoms with Crippen LogP contribution in [-0.2, 0) is 17.3 Å². The van der Waals surface area contributed by atoms with E-state index in [0.717, 1.165) is 30.0 Å². The number of allylic oxidation sites excluding steroid dienone is 3. The first-order valence-corrected chi connectivity index (χ1v) is 12.0. The first-order chi connectivity index (χ1) is 15.5. The van der Waals surface area contributed by atoms with Gasteiger partial charge in [-0.1, -0.05) is 78.5 Å². The predicted molar refractivity (Wildman–Crippen MR) is 143 cm³/mol. The number of nitrogens with one attached hydrogen (secondary N) is 1. The number of hydrogen-bond donors (Lipinski definition) is 1. The highest BCUT2D eigenvalue weighted by molar-refractivity contribution is 5.59. The summed E-state index contributed by atoms with van der Waals surface area (Å²) in [6.07, 6.45) is 6.17. The Morgan fingerprint density at radius 1 is 0.758 bits per heavy atom. The Bertz CT molecular complexity index is 954. The van der Waals surface area contributed by atoms with Crippen molar-refractivity contribution in [3.8, 4) is 11.5 Å². The van der Waals surface area contributed by atoms with Crippen LogP contribution in [0.2, 0.25) is 0 Å². The van der Waals surface area contributed by atoms with Crippen LogP contribution in [0.1, 0.15) is 78.5 Å². The van der Waals surface area contributed by atoms with Crippen LogP contribution in [0, 0.1) is 0 Å². The Kier molecular flexibility index (Phi) is 9.22. The summed E-state index contributed by atoms with van der Waals surface area (Å²) in [5.41, 5.74) is 6.83. The minimum Gasteiger partial charge on any atom is -0.486 e. The Labute approximate surface area is 201 Å². The number of aryl methyl sites for hydroxylation is 1. The minimum atomic E-state index is 0.163. The molecule has 3 nitrogen and oxygen atoms in total. The maximum Gasteiger partial charge on any atom is 0.161 e. The summed E-state index contributed by atoms with van der Waals surface area (Å²) in [6, 6.07) is 12.9. The van der Waals surface area contributed by atoms with E-state index in [1.165, 1.54) is 22.4 Å². The van der Waals surface area contributed by atoms with Crippen molar-refractivity contribution >= 4 is 5.69 Å². The molecular formula is C30H43NO2. The molecule has 0 spiro atoms. The predicted octanol–water partition coefficient (Wildman–Crippen LogP) is 8.19. The molecule has 2 heterocycles. The number of anilines is 1. The zero-order valence-electron chi connectivity index (χ0n) is 22.0. The molecular weight excluding hydrogens is 406 g/mol. The first kappa shape index (κ1) is 26.6. The molecule has 0 bridgehead atoms. The summed E-state index contributed by atoms with van der Waals surface area (Å²) >= 11 is 0. The maximum atomic E-state index is 5.53. The highest BCUT2D eigenvalue weighted by Gasteiger charge is 2.19. The number of hydrogen-bond acceptors (Lipinski definition) is 3. The molecule has 0 atom stereocenters. The van der Waals surface area contributed by atoms with Gasteiger partial charge in [0.15, 0.2) is 11.5 Å². The van der Waals surface area contributed by atoms with E-state index >= 15 is 0 Å². The van der Waals surface area contributed by atoms with Crippen LogP contribution in [0.25, 0.3) is 0 Å². The molecule has 0 unspecified atom stereocenters. The van der Waals surface area contributed by atoms with Crippen molar-refractivity contribution in [1.82, 2.24) is 0 Å². The third kappa shape index (κ3) is 7.99. The van der Waals surface area contributed by atoms with E-state index in [1.807, 2.05) is 32.1 Å². The topological polar surface area (TPSA) is 30.5 Å². The summed E-state index contributed by atoms with van der Waals surface area (Å²) in [5.74, 6) is 1.74. The molecule has 1 N–H and O–H groups in total. The molecule has 0 amide bonds. The number of benzene rings is 2. The molecule has 33 heavy (non-hydrogen) atoms.